The van der Waals surface area contributed by atoms with Crippen LogP contribution in [-0.4, -0.2) is 38.2 Å². The Morgan fingerprint density at radius 2 is 1.96 bits per heavy atom. The predicted octanol–water partition coefficient (Wildman–Crippen LogP) is 2.29. The van der Waals surface area contributed by atoms with E-state index in [0.29, 0.717) is 13.1 Å². The van der Waals surface area contributed by atoms with E-state index in [1.165, 1.54) is 4.68 Å². The van der Waals surface area contributed by atoms with Crippen LogP contribution in [0.1, 0.15) is 50.9 Å². The summed E-state index contributed by atoms with van der Waals surface area (Å²) in [6, 6.07) is 9.92. The van der Waals surface area contributed by atoms with E-state index in [2.05, 4.69) is 5.10 Å². The molecule has 0 N–H and O–H groups in total. The minimum absolute atomic E-state index is 0.0874. The number of hydrogen-bond acceptors (Lipinski definition) is 3. The van der Waals surface area contributed by atoms with Gasteiger partial charge in [-0.05, 0) is 39.2 Å². The van der Waals surface area contributed by atoms with Crippen molar-refractivity contribution in [3.8, 4) is 0 Å². The van der Waals surface area contributed by atoms with Crippen LogP contribution in [0.2, 0.25) is 0 Å². The van der Waals surface area contributed by atoms with Crippen LogP contribution in [0.5, 0.6) is 0 Å². The molecular formula is C20H28N4O2. The topological polar surface area (TPSA) is 60.1 Å². The Morgan fingerprint density at radius 1 is 1.27 bits per heavy atom. The molecule has 2 aromatic rings. The van der Waals surface area contributed by atoms with Gasteiger partial charge in [0.1, 0.15) is 5.82 Å². The fraction of sp³-hybridized carbons (Fsp3) is 0.550. The van der Waals surface area contributed by atoms with Gasteiger partial charge in [-0.3, -0.25) is 9.36 Å². The van der Waals surface area contributed by atoms with Gasteiger partial charge in [0, 0.05) is 32.6 Å². The minimum atomic E-state index is -0.572. The lowest BCUT2D eigenvalue weighted by molar-refractivity contribution is -0.137. The number of aryl methyl sites for hydroxylation is 1. The molecule has 0 radical (unpaired) electrons. The predicted molar refractivity (Wildman–Crippen MR) is 101 cm³/mol. The van der Waals surface area contributed by atoms with E-state index < -0.39 is 5.41 Å². The summed E-state index contributed by atoms with van der Waals surface area (Å²) in [6.07, 6.45) is 1.88. The van der Waals surface area contributed by atoms with E-state index in [-0.39, 0.29) is 17.5 Å². The highest BCUT2D eigenvalue weighted by Crippen LogP contribution is 2.31. The average Bonchev–Trinajstić information content (AvgIpc) is 2.96. The Bertz CT molecular complexity index is 835. The molecule has 140 valence electrons. The third-order valence-corrected chi connectivity index (χ3v) is 5.46. The van der Waals surface area contributed by atoms with Gasteiger partial charge in [0.2, 0.25) is 5.91 Å². The number of hydrogen-bond donors (Lipinski definition) is 0. The van der Waals surface area contributed by atoms with Crippen LogP contribution in [0, 0.1) is 0 Å². The van der Waals surface area contributed by atoms with Crippen molar-refractivity contribution < 1.29 is 4.79 Å². The second kappa shape index (κ2) is 7.09. The maximum absolute atomic E-state index is 13.3. The molecule has 1 aromatic heterocycles. The highest BCUT2D eigenvalue weighted by molar-refractivity contribution is 5.87. The Kier molecular flexibility index (Phi) is 5.03. The van der Waals surface area contributed by atoms with Crippen LogP contribution in [0.3, 0.4) is 0 Å². The SMILES string of the molecule is CCn1c(C2CCCN(C(=O)C(C)(C)c3ccccc3)C2)nn(C)c1=O. The molecule has 0 bridgehead atoms. The van der Waals surface area contributed by atoms with Crippen molar-refractivity contribution in [2.45, 2.75) is 51.5 Å². The molecule has 3 rings (SSSR count). The second-order valence-corrected chi connectivity index (χ2v) is 7.59. The molecule has 26 heavy (non-hydrogen) atoms. The summed E-state index contributed by atoms with van der Waals surface area (Å²) in [5.41, 5.74) is 0.364. The average molecular weight is 356 g/mol. The van der Waals surface area contributed by atoms with Gasteiger partial charge in [-0.1, -0.05) is 30.3 Å². The Balaban J connectivity index is 1.84. The Labute approximate surface area is 154 Å². The van der Waals surface area contributed by atoms with Crippen LogP contribution in [-0.2, 0) is 23.8 Å². The Hall–Kier alpha value is -2.37. The fourth-order valence-corrected chi connectivity index (χ4v) is 3.87. The number of rotatable bonds is 4. The number of benzene rings is 1. The zero-order chi connectivity index (χ0) is 18.9. The Morgan fingerprint density at radius 3 is 2.62 bits per heavy atom. The number of carbonyl (C=O) groups excluding carboxylic acids is 1. The van der Waals surface area contributed by atoms with Crippen LogP contribution in [0.25, 0.3) is 0 Å². The molecule has 6 nitrogen and oxygen atoms in total. The largest absolute Gasteiger partial charge is 0.345 e. The van der Waals surface area contributed by atoms with Gasteiger partial charge >= 0.3 is 5.69 Å². The summed E-state index contributed by atoms with van der Waals surface area (Å²) >= 11 is 0. The maximum Gasteiger partial charge on any atom is 0.345 e. The van der Waals surface area contributed by atoms with Gasteiger partial charge in [0.25, 0.3) is 0 Å². The van der Waals surface area contributed by atoms with E-state index in [1.54, 1.807) is 11.6 Å². The molecule has 2 heterocycles. The number of amides is 1. The first-order valence-electron chi connectivity index (χ1n) is 9.35. The van der Waals surface area contributed by atoms with Crippen LogP contribution in [0.4, 0.5) is 0 Å². The van der Waals surface area contributed by atoms with Crippen LogP contribution in [0.15, 0.2) is 35.1 Å². The van der Waals surface area contributed by atoms with Crippen molar-refractivity contribution in [2.24, 2.45) is 7.05 Å². The first kappa shape index (κ1) is 18.4. The monoisotopic (exact) mass is 356 g/mol. The molecule has 1 aliphatic heterocycles. The standard InChI is InChI=1S/C20H28N4O2/c1-5-24-17(21-22(4)19(24)26)15-10-9-13-23(14-15)18(25)20(2,3)16-11-7-6-8-12-16/h6-8,11-12,15H,5,9-10,13-14H2,1-4H3. The van der Waals surface area contributed by atoms with E-state index in [4.69, 9.17) is 0 Å². The molecule has 1 aliphatic rings. The smallest absolute Gasteiger partial charge is 0.341 e. The van der Waals surface area contributed by atoms with Crippen molar-refractivity contribution in [2.75, 3.05) is 13.1 Å². The van der Waals surface area contributed by atoms with Gasteiger partial charge in [-0.25, -0.2) is 9.48 Å². The number of nitrogens with zero attached hydrogens (tertiary/aromatic N) is 4. The molecule has 0 spiro atoms. The first-order valence-corrected chi connectivity index (χ1v) is 9.35. The molecule has 0 saturated carbocycles. The highest BCUT2D eigenvalue weighted by Gasteiger charge is 2.37. The molecule has 1 saturated heterocycles. The normalized spacial score (nSPS) is 18.2. The van der Waals surface area contributed by atoms with E-state index in [1.807, 2.05) is 56.0 Å². The molecule has 0 aliphatic carbocycles. The summed E-state index contributed by atoms with van der Waals surface area (Å²) < 4.78 is 3.12. The van der Waals surface area contributed by atoms with Gasteiger partial charge in [-0.2, -0.15) is 5.10 Å². The van der Waals surface area contributed by atoms with Crippen molar-refractivity contribution >= 4 is 5.91 Å². The summed E-state index contributed by atoms with van der Waals surface area (Å²) in [4.78, 5) is 27.4. The van der Waals surface area contributed by atoms with Crippen LogP contribution < -0.4 is 5.69 Å². The first-order chi connectivity index (χ1) is 12.4. The van der Waals surface area contributed by atoms with Gasteiger partial charge in [-0.15, -0.1) is 0 Å². The van der Waals surface area contributed by atoms with Gasteiger partial charge in [0.15, 0.2) is 0 Å². The zero-order valence-electron chi connectivity index (χ0n) is 16.1. The van der Waals surface area contributed by atoms with Crippen molar-refractivity contribution in [1.29, 1.82) is 0 Å². The number of carbonyl (C=O) groups is 1. The van der Waals surface area contributed by atoms with Gasteiger partial charge in [0.05, 0.1) is 5.41 Å². The van der Waals surface area contributed by atoms with Crippen molar-refractivity contribution in [3.05, 3.63) is 52.2 Å². The van der Waals surface area contributed by atoms with E-state index >= 15 is 0 Å². The number of piperidine rings is 1. The molecule has 1 aromatic carbocycles. The molecule has 6 heteroatoms. The highest BCUT2D eigenvalue weighted by atomic mass is 16.2. The third-order valence-electron chi connectivity index (χ3n) is 5.46. The quantitative estimate of drug-likeness (QED) is 0.844. The van der Waals surface area contributed by atoms with E-state index in [9.17, 15) is 9.59 Å². The summed E-state index contributed by atoms with van der Waals surface area (Å²) in [5.74, 6) is 1.04. The lowest BCUT2D eigenvalue weighted by atomic mass is 9.82. The summed E-state index contributed by atoms with van der Waals surface area (Å²) in [6.45, 7) is 7.90. The van der Waals surface area contributed by atoms with Crippen LogP contribution >= 0.6 is 0 Å². The molecule has 1 atom stereocenters. The minimum Gasteiger partial charge on any atom is -0.341 e. The molecule has 1 fully saturated rings. The summed E-state index contributed by atoms with van der Waals surface area (Å²) in [5, 5.41) is 4.45. The fourth-order valence-electron chi connectivity index (χ4n) is 3.87. The van der Waals surface area contributed by atoms with Crippen molar-refractivity contribution in [3.63, 3.8) is 0 Å². The number of aromatic nitrogens is 3. The lowest BCUT2D eigenvalue weighted by Crippen LogP contribution is -2.47. The molecule has 1 unspecified atom stereocenters. The molecule has 1 amide bonds. The zero-order valence-corrected chi connectivity index (χ0v) is 16.1. The maximum atomic E-state index is 13.3. The van der Waals surface area contributed by atoms with E-state index in [0.717, 1.165) is 30.8 Å². The number of likely N-dealkylation sites (tertiary alicyclic amines) is 1. The third kappa shape index (κ3) is 3.20. The molecular weight excluding hydrogens is 328 g/mol. The summed E-state index contributed by atoms with van der Waals surface area (Å²) in [7, 11) is 1.68. The second-order valence-electron chi connectivity index (χ2n) is 7.59. The van der Waals surface area contributed by atoms with Crippen molar-refractivity contribution in [1.82, 2.24) is 19.2 Å². The van der Waals surface area contributed by atoms with Gasteiger partial charge < -0.3 is 4.90 Å². The lowest BCUT2D eigenvalue weighted by Gasteiger charge is -2.37.